The predicted molar refractivity (Wildman–Crippen MR) is 103 cm³/mol. The van der Waals surface area contributed by atoms with E-state index < -0.39 is 0 Å². The molecule has 1 aromatic heterocycles. The van der Waals surface area contributed by atoms with Crippen molar-refractivity contribution in [3.8, 4) is 5.88 Å². The number of rotatable bonds is 8. The molecule has 0 radical (unpaired) electrons. The van der Waals surface area contributed by atoms with E-state index in [2.05, 4.69) is 48.9 Å². The minimum atomic E-state index is 0.469. The summed E-state index contributed by atoms with van der Waals surface area (Å²) in [5.74, 6) is 1.69. The van der Waals surface area contributed by atoms with Gasteiger partial charge in [-0.25, -0.2) is 4.68 Å². The van der Waals surface area contributed by atoms with Crippen molar-refractivity contribution in [1.82, 2.24) is 9.78 Å². The van der Waals surface area contributed by atoms with E-state index in [1.165, 1.54) is 43.4 Å². The summed E-state index contributed by atoms with van der Waals surface area (Å²) in [7, 11) is 0. The van der Waals surface area contributed by atoms with Gasteiger partial charge in [-0.3, -0.25) is 0 Å². The van der Waals surface area contributed by atoms with Crippen LogP contribution in [0.2, 0.25) is 0 Å². The first-order valence-corrected chi connectivity index (χ1v) is 10.1. The van der Waals surface area contributed by atoms with Crippen molar-refractivity contribution in [2.45, 2.75) is 77.9 Å². The molecule has 0 bridgehead atoms. The smallest absolute Gasteiger partial charge is 0.212 e. The predicted octanol–water partition coefficient (Wildman–Crippen LogP) is 5.95. The van der Waals surface area contributed by atoms with Gasteiger partial charge in [0.1, 0.15) is 6.61 Å². The summed E-state index contributed by atoms with van der Waals surface area (Å²) in [5.41, 5.74) is 2.37. The lowest BCUT2D eigenvalue weighted by Gasteiger charge is -2.30. The van der Waals surface area contributed by atoms with Crippen LogP contribution >= 0.6 is 0 Å². The highest BCUT2D eigenvalue weighted by molar-refractivity contribution is 5.20. The fraction of sp³-hybridized carbons (Fsp3) is 0.591. The zero-order valence-electron chi connectivity index (χ0n) is 15.8. The maximum absolute atomic E-state index is 6.22. The highest BCUT2D eigenvalue weighted by Crippen LogP contribution is 2.37. The summed E-state index contributed by atoms with van der Waals surface area (Å²) in [6, 6.07) is 13.0. The van der Waals surface area contributed by atoms with Gasteiger partial charge in [0.05, 0.1) is 11.7 Å². The third-order valence-corrected chi connectivity index (χ3v) is 5.41. The fourth-order valence-corrected chi connectivity index (χ4v) is 4.11. The van der Waals surface area contributed by atoms with Crippen molar-refractivity contribution in [1.29, 1.82) is 0 Å². The number of aryl methyl sites for hydroxylation is 1. The molecule has 1 aromatic carbocycles. The summed E-state index contributed by atoms with van der Waals surface area (Å²) in [6.45, 7) is 5.11. The van der Waals surface area contributed by atoms with Crippen molar-refractivity contribution in [2.24, 2.45) is 5.92 Å². The molecule has 1 aliphatic carbocycles. The van der Waals surface area contributed by atoms with Crippen molar-refractivity contribution < 1.29 is 4.74 Å². The number of hydrogen-bond acceptors (Lipinski definition) is 2. The van der Waals surface area contributed by atoms with Gasteiger partial charge in [-0.15, -0.1) is 0 Å². The van der Waals surface area contributed by atoms with Crippen LogP contribution in [0.4, 0.5) is 0 Å². The average Bonchev–Trinajstić information content (AvgIpc) is 3.05. The van der Waals surface area contributed by atoms with Gasteiger partial charge in [-0.1, -0.05) is 69.9 Å². The first kappa shape index (κ1) is 18.0. The molecule has 0 N–H and O–H groups in total. The molecule has 136 valence electrons. The van der Waals surface area contributed by atoms with Crippen LogP contribution in [0.5, 0.6) is 5.88 Å². The lowest BCUT2D eigenvalue weighted by Crippen LogP contribution is -2.23. The molecule has 3 nitrogen and oxygen atoms in total. The standard InChI is InChI=1S/C22H32N2O/c1-3-11-20-16-22(25-17-18-12-7-5-8-13-18)24(23-20)21(4-2)19-14-9-6-10-15-19/h5,7-8,12-13,16,19,21H,3-4,6,9-11,14-15,17H2,1-2H3. The Kier molecular flexibility index (Phi) is 6.55. The molecule has 2 aromatic rings. The van der Waals surface area contributed by atoms with Crippen molar-refractivity contribution in [3.63, 3.8) is 0 Å². The maximum atomic E-state index is 6.22. The molecule has 1 aliphatic rings. The lowest BCUT2D eigenvalue weighted by atomic mass is 9.83. The molecule has 25 heavy (non-hydrogen) atoms. The summed E-state index contributed by atoms with van der Waals surface area (Å²) in [5, 5.41) is 4.95. The molecular formula is C22H32N2O. The average molecular weight is 341 g/mol. The number of ether oxygens (including phenoxy) is 1. The zero-order chi connectivity index (χ0) is 17.5. The Bertz CT molecular complexity index is 629. The molecule has 0 aliphatic heterocycles. The van der Waals surface area contributed by atoms with E-state index in [0.717, 1.165) is 31.1 Å². The Morgan fingerprint density at radius 3 is 2.56 bits per heavy atom. The highest BCUT2D eigenvalue weighted by Gasteiger charge is 2.27. The van der Waals surface area contributed by atoms with E-state index in [-0.39, 0.29) is 0 Å². The Morgan fingerprint density at radius 2 is 1.88 bits per heavy atom. The van der Waals surface area contributed by atoms with Crippen molar-refractivity contribution in [3.05, 3.63) is 47.7 Å². The third kappa shape index (κ3) is 4.65. The molecule has 1 atom stereocenters. The summed E-state index contributed by atoms with van der Waals surface area (Å²) >= 11 is 0. The van der Waals surface area contributed by atoms with E-state index >= 15 is 0 Å². The van der Waals surface area contributed by atoms with Crippen LogP contribution in [-0.2, 0) is 13.0 Å². The van der Waals surface area contributed by atoms with Gasteiger partial charge >= 0.3 is 0 Å². The second-order valence-electron chi connectivity index (χ2n) is 7.32. The summed E-state index contributed by atoms with van der Waals surface area (Å²) < 4.78 is 8.44. The summed E-state index contributed by atoms with van der Waals surface area (Å²) in [4.78, 5) is 0. The van der Waals surface area contributed by atoms with Gasteiger partial charge in [-0.2, -0.15) is 5.10 Å². The second kappa shape index (κ2) is 9.07. The molecule has 0 spiro atoms. The first-order valence-electron chi connectivity index (χ1n) is 10.1. The van der Waals surface area contributed by atoms with E-state index in [4.69, 9.17) is 9.84 Å². The minimum Gasteiger partial charge on any atom is -0.473 e. The van der Waals surface area contributed by atoms with Crippen LogP contribution in [0.15, 0.2) is 36.4 Å². The molecule has 3 heteroatoms. The molecule has 3 rings (SSSR count). The van der Waals surface area contributed by atoms with Crippen LogP contribution < -0.4 is 4.74 Å². The van der Waals surface area contributed by atoms with Crippen LogP contribution in [-0.4, -0.2) is 9.78 Å². The quantitative estimate of drug-likeness (QED) is 0.594. The first-order chi connectivity index (χ1) is 12.3. The number of aromatic nitrogens is 2. The van der Waals surface area contributed by atoms with Gasteiger partial charge in [0.25, 0.3) is 0 Å². The SMILES string of the molecule is CCCc1cc(OCc2ccccc2)n(C(CC)C2CCCCC2)n1. The highest BCUT2D eigenvalue weighted by atomic mass is 16.5. The van der Waals surface area contributed by atoms with Crippen molar-refractivity contribution in [2.75, 3.05) is 0 Å². The maximum Gasteiger partial charge on any atom is 0.212 e. The van der Waals surface area contributed by atoms with E-state index in [0.29, 0.717) is 12.6 Å². The molecule has 0 saturated heterocycles. The van der Waals surface area contributed by atoms with Gasteiger partial charge < -0.3 is 4.74 Å². The van der Waals surface area contributed by atoms with Crippen LogP contribution in [0.3, 0.4) is 0 Å². The third-order valence-electron chi connectivity index (χ3n) is 5.41. The normalized spacial score (nSPS) is 16.7. The van der Waals surface area contributed by atoms with E-state index in [9.17, 15) is 0 Å². The van der Waals surface area contributed by atoms with Crippen LogP contribution in [0.25, 0.3) is 0 Å². The van der Waals surface area contributed by atoms with Crippen LogP contribution in [0.1, 0.15) is 76.1 Å². The number of nitrogens with zero attached hydrogens (tertiary/aromatic N) is 2. The van der Waals surface area contributed by atoms with Gasteiger partial charge in [0.2, 0.25) is 5.88 Å². The Hall–Kier alpha value is -1.77. The molecule has 1 saturated carbocycles. The lowest BCUT2D eigenvalue weighted by molar-refractivity contribution is 0.194. The molecule has 1 fully saturated rings. The largest absolute Gasteiger partial charge is 0.473 e. The van der Waals surface area contributed by atoms with Crippen LogP contribution in [0, 0.1) is 5.92 Å². The minimum absolute atomic E-state index is 0.469. The zero-order valence-corrected chi connectivity index (χ0v) is 15.8. The Morgan fingerprint density at radius 1 is 1.12 bits per heavy atom. The molecule has 1 unspecified atom stereocenters. The second-order valence-corrected chi connectivity index (χ2v) is 7.32. The number of hydrogen-bond donors (Lipinski definition) is 0. The van der Waals surface area contributed by atoms with Gasteiger partial charge in [-0.05, 0) is 37.2 Å². The molecule has 0 amide bonds. The monoisotopic (exact) mass is 340 g/mol. The summed E-state index contributed by atoms with van der Waals surface area (Å²) in [6.07, 6.45) is 10.1. The molecular weight excluding hydrogens is 308 g/mol. The Labute approximate surface area is 152 Å². The van der Waals surface area contributed by atoms with Gasteiger partial charge in [0.15, 0.2) is 0 Å². The van der Waals surface area contributed by atoms with E-state index in [1.807, 2.05) is 6.07 Å². The fourth-order valence-electron chi connectivity index (χ4n) is 4.11. The van der Waals surface area contributed by atoms with E-state index in [1.54, 1.807) is 0 Å². The topological polar surface area (TPSA) is 27.1 Å². The Balaban J connectivity index is 1.80. The van der Waals surface area contributed by atoms with Crippen molar-refractivity contribution >= 4 is 0 Å². The number of benzene rings is 1. The molecule has 1 heterocycles. The van der Waals surface area contributed by atoms with Gasteiger partial charge in [0, 0.05) is 6.07 Å².